The summed E-state index contributed by atoms with van der Waals surface area (Å²) in [6.45, 7) is 4.78. The highest BCUT2D eigenvalue weighted by molar-refractivity contribution is 5.38. The molecule has 1 heterocycles. The van der Waals surface area contributed by atoms with Crippen LogP contribution in [-0.4, -0.2) is 29.6 Å². The Morgan fingerprint density at radius 1 is 1.28 bits per heavy atom. The Kier molecular flexibility index (Phi) is 4.17. The highest BCUT2D eigenvalue weighted by Crippen LogP contribution is 2.29. The van der Waals surface area contributed by atoms with Crippen LogP contribution in [-0.2, 0) is 0 Å². The molecule has 4 heteroatoms. The number of aryl methyl sites for hydroxylation is 2. The molecule has 4 nitrogen and oxygen atoms in total. The number of aromatic nitrogens is 2. The van der Waals surface area contributed by atoms with Gasteiger partial charge in [0.05, 0.1) is 17.6 Å². The molecule has 18 heavy (non-hydrogen) atoms. The zero-order chi connectivity index (χ0) is 13.1. The van der Waals surface area contributed by atoms with Crippen molar-refractivity contribution < 1.29 is 0 Å². The molecular weight excluding hydrogens is 224 g/mol. The van der Waals surface area contributed by atoms with Crippen LogP contribution >= 0.6 is 0 Å². The van der Waals surface area contributed by atoms with Crippen molar-refractivity contribution in [2.24, 2.45) is 11.7 Å². The molecule has 1 aliphatic rings. The Hall–Kier alpha value is -1.16. The quantitative estimate of drug-likeness (QED) is 0.889. The number of anilines is 1. The predicted octanol–water partition coefficient (Wildman–Crippen LogP) is 2.05. The molecule has 0 radical (unpaired) electrons. The first-order chi connectivity index (χ1) is 8.63. The van der Waals surface area contributed by atoms with Gasteiger partial charge in [-0.2, -0.15) is 0 Å². The zero-order valence-electron chi connectivity index (χ0n) is 11.7. The first-order valence-electron chi connectivity index (χ1n) is 6.86. The SMILES string of the molecule is Cc1ncc(N(C)C2CCCCC2CN)nc1C. The van der Waals surface area contributed by atoms with Gasteiger partial charge in [0.1, 0.15) is 5.82 Å². The molecule has 0 bridgehead atoms. The minimum Gasteiger partial charge on any atom is -0.355 e. The van der Waals surface area contributed by atoms with E-state index in [0.29, 0.717) is 12.0 Å². The third kappa shape index (κ3) is 2.64. The van der Waals surface area contributed by atoms with Gasteiger partial charge in [-0.05, 0) is 39.2 Å². The van der Waals surface area contributed by atoms with E-state index in [2.05, 4.69) is 21.9 Å². The molecule has 1 aromatic rings. The smallest absolute Gasteiger partial charge is 0.147 e. The van der Waals surface area contributed by atoms with Crippen LogP contribution in [0.15, 0.2) is 6.20 Å². The van der Waals surface area contributed by atoms with Gasteiger partial charge in [0.2, 0.25) is 0 Å². The second-order valence-corrected chi connectivity index (χ2v) is 5.36. The summed E-state index contributed by atoms with van der Waals surface area (Å²) >= 11 is 0. The predicted molar refractivity (Wildman–Crippen MR) is 74.7 cm³/mol. The topological polar surface area (TPSA) is 55.0 Å². The Bertz CT molecular complexity index is 405. The van der Waals surface area contributed by atoms with E-state index in [1.165, 1.54) is 25.7 Å². The van der Waals surface area contributed by atoms with Gasteiger partial charge in [-0.25, -0.2) is 4.98 Å². The van der Waals surface area contributed by atoms with E-state index < -0.39 is 0 Å². The normalized spacial score (nSPS) is 24.0. The van der Waals surface area contributed by atoms with Crippen molar-refractivity contribution in [2.75, 3.05) is 18.5 Å². The maximum atomic E-state index is 5.90. The van der Waals surface area contributed by atoms with E-state index in [1.807, 2.05) is 20.0 Å². The number of hydrogen-bond acceptors (Lipinski definition) is 4. The maximum Gasteiger partial charge on any atom is 0.147 e. The molecule has 2 rings (SSSR count). The number of nitrogens with two attached hydrogens (primary N) is 1. The van der Waals surface area contributed by atoms with E-state index in [4.69, 9.17) is 5.73 Å². The highest BCUT2D eigenvalue weighted by Gasteiger charge is 2.28. The van der Waals surface area contributed by atoms with E-state index in [9.17, 15) is 0 Å². The molecule has 0 amide bonds. The van der Waals surface area contributed by atoms with Crippen molar-refractivity contribution in [3.05, 3.63) is 17.6 Å². The minimum atomic E-state index is 0.514. The molecule has 2 atom stereocenters. The van der Waals surface area contributed by atoms with Gasteiger partial charge in [-0.1, -0.05) is 12.8 Å². The fourth-order valence-corrected chi connectivity index (χ4v) is 2.84. The molecule has 0 aliphatic heterocycles. The largest absolute Gasteiger partial charge is 0.355 e. The number of nitrogens with zero attached hydrogens (tertiary/aromatic N) is 3. The van der Waals surface area contributed by atoms with Crippen LogP contribution in [0.25, 0.3) is 0 Å². The molecular formula is C14H24N4. The number of hydrogen-bond donors (Lipinski definition) is 1. The van der Waals surface area contributed by atoms with E-state index in [-0.39, 0.29) is 0 Å². The van der Waals surface area contributed by atoms with Gasteiger partial charge in [0.25, 0.3) is 0 Å². The third-order valence-corrected chi connectivity index (χ3v) is 4.21. The minimum absolute atomic E-state index is 0.514. The van der Waals surface area contributed by atoms with Crippen molar-refractivity contribution in [3.8, 4) is 0 Å². The Morgan fingerprint density at radius 2 is 2.00 bits per heavy atom. The monoisotopic (exact) mass is 248 g/mol. The summed E-state index contributed by atoms with van der Waals surface area (Å²) in [5.41, 5.74) is 7.92. The van der Waals surface area contributed by atoms with Gasteiger partial charge >= 0.3 is 0 Å². The summed E-state index contributed by atoms with van der Waals surface area (Å²) in [5.74, 6) is 1.57. The van der Waals surface area contributed by atoms with Crippen LogP contribution in [0.1, 0.15) is 37.1 Å². The molecule has 100 valence electrons. The van der Waals surface area contributed by atoms with Gasteiger partial charge in [0.15, 0.2) is 0 Å². The van der Waals surface area contributed by atoms with Gasteiger partial charge in [0, 0.05) is 13.1 Å². The van der Waals surface area contributed by atoms with Crippen LogP contribution in [0, 0.1) is 19.8 Å². The standard InChI is InChI=1S/C14H24N4/c1-10-11(2)17-14(9-16-10)18(3)13-7-5-4-6-12(13)8-15/h9,12-13H,4-8,15H2,1-3H3. The summed E-state index contributed by atoms with van der Waals surface area (Å²) in [5, 5.41) is 0. The first kappa shape index (κ1) is 13.3. The van der Waals surface area contributed by atoms with Crippen LogP contribution < -0.4 is 10.6 Å². The summed E-state index contributed by atoms with van der Waals surface area (Å²) in [4.78, 5) is 11.3. The summed E-state index contributed by atoms with van der Waals surface area (Å²) in [7, 11) is 2.12. The average Bonchev–Trinajstić information content (AvgIpc) is 2.41. The highest BCUT2D eigenvalue weighted by atomic mass is 15.2. The van der Waals surface area contributed by atoms with E-state index in [0.717, 1.165) is 23.8 Å². The molecule has 0 spiro atoms. The Labute approximate surface area is 110 Å². The van der Waals surface area contributed by atoms with Gasteiger partial charge in [-0.15, -0.1) is 0 Å². The summed E-state index contributed by atoms with van der Waals surface area (Å²) in [6.07, 6.45) is 6.94. The molecule has 2 unspecified atom stereocenters. The second kappa shape index (κ2) is 5.65. The summed E-state index contributed by atoms with van der Waals surface area (Å²) in [6, 6.07) is 0.514. The molecule has 1 aliphatic carbocycles. The van der Waals surface area contributed by atoms with Crippen LogP contribution in [0.5, 0.6) is 0 Å². The van der Waals surface area contributed by atoms with E-state index in [1.54, 1.807) is 0 Å². The molecule has 0 saturated heterocycles. The van der Waals surface area contributed by atoms with Crippen molar-refractivity contribution in [3.63, 3.8) is 0 Å². The van der Waals surface area contributed by atoms with Crippen LogP contribution in [0.4, 0.5) is 5.82 Å². The van der Waals surface area contributed by atoms with Crippen LogP contribution in [0.2, 0.25) is 0 Å². The summed E-state index contributed by atoms with van der Waals surface area (Å²) < 4.78 is 0. The third-order valence-electron chi connectivity index (χ3n) is 4.21. The zero-order valence-corrected chi connectivity index (χ0v) is 11.7. The average molecular weight is 248 g/mol. The lowest BCUT2D eigenvalue weighted by atomic mass is 9.84. The maximum absolute atomic E-state index is 5.90. The van der Waals surface area contributed by atoms with Crippen molar-refractivity contribution in [2.45, 2.75) is 45.6 Å². The Balaban J connectivity index is 2.18. The van der Waals surface area contributed by atoms with Gasteiger partial charge < -0.3 is 10.6 Å². The molecule has 1 aromatic heterocycles. The molecule has 1 saturated carbocycles. The van der Waals surface area contributed by atoms with Crippen molar-refractivity contribution >= 4 is 5.82 Å². The fourth-order valence-electron chi connectivity index (χ4n) is 2.84. The second-order valence-electron chi connectivity index (χ2n) is 5.36. The molecule has 2 N–H and O–H groups in total. The number of rotatable bonds is 3. The lowest BCUT2D eigenvalue weighted by molar-refractivity contribution is 0.305. The lowest BCUT2D eigenvalue weighted by Crippen LogP contribution is -2.43. The fraction of sp³-hybridized carbons (Fsp3) is 0.714. The van der Waals surface area contributed by atoms with Crippen molar-refractivity contribution in [1.29, 1.82) is 0 Å². The molecule has 1 fully saturated rings. The van der Waals surface area contributed by atoms with Crippen LogP contribution in [0.3, 0.4) is 0 Å². The van der Waals surface area contributed by atoms with Crippen molar-refractivity contribution in [1.82, 2.24) is 9.97 Å². The van der Waals surface area contributed by atoms with E-state index >= 15 is 0 Å². The Morgan fingerprint density at radius 3 is 2.67 bits per heavy atom. The first-order valence-corrected chi connectivity index (χ1v) is 6.86. The van der Waals surface area contributed by atoms with Gasteiger partial charge in [-0.3, -0.25) is 4.98 Å². The molecule has 0 aromatic carbocycles. The lowest BCUT2D eigenvalue weighted by Gasteiger charge is -2.38.